The van der Waals surface area contributed by atoms with Crippen LogP contribution in [0, 0.1) is 13.8 Å². The second-order valence-corrected chi connectivity index (χ2v) is 6.86. The maximum atomic E-state index is 11.7. The van der Waals surface area contributed by atoms with Crippen LogP contribution in [0.2, 0.25) is 0 Å². The number of hydrogen-bond donors (Lipinski definition) is 2. The van der Waals surface area contributed by atoms with Gasteiger partial charge in [-0.15, -0.1) is 0 Å². The molecule has 1 aliphatic carbocycles. The lowest BCUT2D eigenvalue weighted by Gasteiger charge is -2.13. The number of aryl methyl sites for hydroxylation is 2. The maximum Gasteiger partial charge on any atom is 0.344 e. The van der Waals surface area contributed by atoms with E-state index in [1.165, 1.54) is 18.4 Å². The molecule has 2 N–H and O–H groups in total. The second kappa shape index (κ2) is 11.1. The van der Waals surface area contributed by atoms with Crippen molar-refractivity contribution in [3.63, 3.8) is 0 Å². The second-order valence-electron chi connectivity index (χ2n) is 6.86. The lowest BCUT2D eigenvalue weighted by atomic mass is 9.97. The lowest BCUT2D eigenvalue weighted by Crippen LogP contribution is -2.42. The number of ether oxygens (including phenoxy) is 2. The van der Waals surface area contributed by atoms with Crippen LogP contribution in [0.4, 0.5) is 4.79 Å². The van der Waals surface area contributed by atoms with Crippen LogP contribution < -0.4 is 15.4 Å². The summed E-state index contributed by atoms with van der Waals surface area (Å²) < 4.78 is 10.2. The van der Waals surface area contributed by atoms with E-state index in [0.29, 0.717) is 12.3 Å². The van der Waals surface area contributed by atoms with Crippen molar-refractivity contribution in [1.82, 2.24) is 10.6 Å². The summed E-state index contributed by atoms with van der Waals surface area (Å²) >= 11 is 0. The number of benzene rings is 1. The Kier molecular flexibility index (Phi) is 8.52. The molecule has 0 bridgehead atoms. The van der Waals surface area contributed by atoms with Gasteiger partial charge in [0, 0.05) is 6.54 Å². The lowest BCUT2D eigenvalue weighted by molar-refractivity contribution is -0.150. The highest BCUT2D eigenvalue weighted by atomic mass is 16.6. The first-order valence-corrected chi connectivity index (χ1v) is 9.55. The van der Waals surface area contributed by atoms with Crippen LogP contribution in [0.25, 0.3) is 0 Å². The van der Waals surface area contributed by atoms with Crippen LogP contribution in [0.5, 0.6) is 5.75 Å². The molecule has 3 amide bonds. The van der Waals surface area contributed by atoms with Crippen molar-refractivity contribution >= 4 is 17.9 Å². The molecule has 0 saturated heterocycles. The fourth-order valence-corrected chi connectivity index (χ4v) is 2.81. The molecule has 152 valence electrons. The molecule has 0 unspecified atom stereocenters. The van der Waals surface area contributed by atoms with E-state index in [9.17, 15) is 14.4 Å². The van der Waals surface area contributed by atoms with Crippen LogP contribution in [0.15, 0.2) is 29.8 Å². The Morgan fingerprint density at radius 3 is 2.61 bits per heavy atom. The summed E-state index contributed by atoms with van der Waals surface area (Å²) in [6.07, 6.45) is 7.58. The normalized spacial score (nSPS) is 13.3. The van der Waals surface area contributed by atoms with Gasteiger partial charge >= 0.3 is 12.0 Å². The third-order valence-electron chi connectivity index (χ3n) is 4.57. The molecule has 0 spiro atoms. The number of carbonyl (C=O) groups excluding carboxylic acids is 3. The predicted molar refractivity (Wildman–Crippen MR) is 105 cm³/mol. The average molecular weight is 388 g/mol. The van der Waals surface area contributed by atoms with E-state index in [1.807, 2.05) is 26.0 Å². The molecule has 1 aromatic rings. The van der Waals surface area contributed by atoms with Gasteiger partial charge in [-0.2, -0.15) is 0 Å². The Balaban J connectivity index is 1.58. The predicted octanol–water partition coefficient (Wildman–Crippen LogP) is 2.94. The standard InChI is InChI=1S/C21H28N2O5/c1-15-8-9-18(12-16(15)2)27-14-20(25)28-13-19(24)23-21(26)22-11-10-17-6-4-3-5-7-17/h6,8-9,12H,3-5,7,10-11,13-14H2,1-2H3,(H2,22,23,24,26). The van der Waals surface area contributed by atoms with E-state index in [2.05, 4.69) is 16.7 Å². The number of allylic oxidation sites excluding steroid dienone is 1. The molecular formula is C21H28N2O5. The van der Waals surface area contributed by atoms with Crippen LogP contribution >= 0.6 is 0 Å². The minimum Gasteiger partial charge on any atom is -0.482 e. The van der Waals surface area contributed by atoms with Crippen molar-refractivity contribution in [2.75, 3.05) is 19.8 Å². The molecule has 0 saturated carbocycles. The molecule has 1 aliphatic rings. The van der Waals surface area contributed by atoms with Gasteiger partial charge in [-0.3, -0.25) is 10.1 Å². The number of amides is 3. The van der Waals surface area contributed by atoms with Gasteiger partial charge in [0.2, 0.25) is 0 Å². The molecule has 0 aromatic heterocycles. The zero-order valence-corrected chi connectivity index (χ0v) is 16.5. The van der Waals surface area contributed by atoms with Crippen molar-refractivity contribution in [3.8, 4) is 5.75 Å². The molecule has 7 nitrogen and oxygen atoms in total. The van der Waals surface area contributed by atoms with Gasteiger partial charge in [0.15, 0.2) is 13.2 Å². The average Bonchev–Trinajstić information content (AvgIpc) is 2.68. The number of rotatable bonds is 8. The maximum absolute atomic E-state index is 11.7. The van der Waals surface area contributed by atoms with Gasteiger partial charge in [-0.05, 0) is 69.2 Å². The Morgan fingerprint density at radius 1 is 1.07 bits per heavy atom. The first-order chi connectivity index (χ1) is 13.4. The van der Waals surface area contributed by atoms with Crippen molar-refractivity contribution in [2.24, 2.45) is 0 Å². The van der Waals surface area contributed by atoms with Gasteiger partial charge in [0.05, 0.1) is 0 Å². The molecule has 0 fully saturated rings. The van der Waals surface area contributed by atoms with E-state index in [0.717, 1.165) is 30.4 Å². The summed E-state index contributed by atoms with van der Waals surface area (Å²) in [5.74, 6) is -0.816. The molecule has 7 heteroatoms. The van der Waals surface area contributed by atoms with E-state index in [-0.39, 0.29) is 6.61 Å². The molecule has 0 radical (unpaired) electrons. The topological polar surface area (TPSA) is 93.7 Å². The van der Waals surface area contributed by atoms with Crippen molar-refractivity contribution < 1.29 is 23.9 Å². The first kappa shape index (κ1) is 21.5. The molecule has 0 heterocycles. The van der Waals surface area contributed by atoms with Gasteiger partial charge in [-0.1, -0.05) is 17.7 Å². The zero-order valence-electron chi connectivity index (χ0n) is 16.5. The SMILES string of the molecule is Cc1ccc(OCC(=O)OCC(=O)NC(=O)NCCC2=CCCCC2)cc1C. The van der Waals surface area contributed by atoms with Crippen molar-refractivity contribution in [3.05, 3.63) is 41.0 Å². The summed E-state index contributed by atoms with van der Waals surface area (Å²) in [6.45, 7) is 3.55. The summed E-state index contributed by atoms with van der Waals surface area (Å²) in [6, 6.07) is 4.88. The van der Waals surface area contributed by atoms with Gasteiger partial charge in [-0.25, -0.2) is 9.59 Å². The quantitative estimate of drug-likeness (QED) is 0.527. The van der Waals surface area contributed by atoms with Crippen LogP contribution in [-0.2, 0) is 14.3 Å². The van der Waals surface area contributed by atoms with E-state index in [1.54, 1.807) is 6.07 Å². The molecule has 0 atom stereocenters. The van der Waals surface area contributed by atoms with Crippen molar-refractivity contribution in [2.45, 2.75) is 46.0 Å². The number of urea groups is 1. The summed E-state index contributed by atoms with van der Waals surface area (Å²) in [5.41, 5.74) is 3.52. The minimum absolute atomic E-state index is 0.308. The molecular weight excluding hydrogens is 360 g/mol. The van der Waals surface area contributed by atoms with Gasteiger partial charge < -0.3 is 14.8 Å². The Bertz CT molecular complexity index is 742. The van der Waals surface area contributed by atoms with Crippen LogP contribution in [0.3, 0.4) is 0 Å². The van der Waals surface area contributed by atoms with Crippen molar-refractivity contribution in [1.29, 1.82) is 0 Å². The zero-order chi connectivity index (χ0) is 20.4. The third-order valence-corrected chi connectivity index (χ3v) is 4.57. The number of esters is 1. The number of nitrogens with one attached hydrogen (secondary N) is 2. The Morgan fingerprint density at radius 2 is 1.89 bits per heavy atom. The van der Waals surface area contributed by atoms with Crippen LogP contribution in [-0.4, -0.2) is 37.7 Å². The fraction of sp³-hybridized carbons (Fsp3) is 0.476. The largest absolute Gasteiger partial charge is 0.482 e. The highest BCUT2D eigenvalue weighted by Gasteiger charge is 2.12. The van der Waals surface area contributed by atoms with E-state index >= 15 is 0 Å². The summed E-state index contributed by atoms with van der Waals surface area (Å²) in [5, 5.41) is 4.76. The molecule has 2 rings (SSSR count). The first-order valence-electron chi connectivity index (χ1n) is 9.55. The van der Waals surface area contributed by atoms with E-state index in [4.69, 9.17) is 9.47 Å². The highest BCUT2D eigenvalue weighted by Crippen LogP contribution is 2.19. The molecule has 1 aromatic carbocycles. The number of carbonyl (C=O) groups is 3. The minimum atomic E-state index is -0.686. The highest BCUT2D eigenvalue weighted by molar-refractivity contribution is 5.95. The van der Waals surface area contributed by atoms with Crippen LogP contribution in [0.1, 0.15) is 43.2 Å². The summed E-state index contributed by atoms with van der Waals surface area (Å²) in [7, 11) is 0. The van der Waals surface area contributed by atoms with Gasteiger partial charge in [0.25, 0.3) is 5.91 Å². The van der Waals surface area contributed by atoms with Gasteiger partial charge in [0.1, 0.15) is 5.75 Å². The summed E-state index contributed by atoms with van der Waals surface area (Å²) in [4.78, 5) is 35.0. The smallest absolute Gasteiger partial charge is 0.344 e. The number of imide groups is 1. The Hall–Kier alpha value is -2.83. The molecule has 0 aliphatic heterocycles. The van der Waals surface area contributed by atoms with E-state index < -0.39 is 24.5 Å². The third kappa shape index (κ3) is 7.82. The Labute approximate surface area is 165 Å². The fourth-order valence-electron chi connectivity index (χ4n) is 2.81. The monoisotopic (exact) mass is 388 g/mol. The number of hydrogen-bond acceptors (Lipinski definition) is 5. The molecule has 28 heavy (non-hydrogen) atoms.